The lowest BCUT2D eigenvalue weighted by atomic mass is 9.98. The number of rotatable bonds is 3. The van der Waals surface area contributed by atoms with Gasteiger partial charge in [-0.3, -0.25) is 0 Å². The van der Waals surface area contributed by atoms with Crippen LogP contribution in [-0.4, -0.2) is 30.6 Å². The van der Waals surface area contributed by atoms with Crippen LogP contribution in [0.1, 0.15) is 17.9 Å². The Hall–Kier alpha value is -1.84. The fourth-order valence-corrected chi connectivity index (χ4v) is 2.25. The second-order valence-electron chi connectivity index (χ2n) is 4.46. The number of hydrogen-bond acceptors (Lipinski definition) is 1. The molecule has 0 radical (unpaired) electrons. The molecule has 1 atom stereocenters. The summed E-state index contributed by atoms with van der Waals surface area (Å²) < 4.78 is 13.1. The number of urea groups is 1. The monoisotopic (exact) mass is 248 g/mol. The highest BCUT2D eigenvalue weighted by molar-refractivity contribution is 5.74. The van der Waals surface area contributed by atoms with Crippen LogP contribution in [0.5, 0.6) is 0 Å². The molecule has 0 unspecified atom stereocenters. The Morgan fingerprint density at radius 1 is 1.61 bits per heavy atom. The number of benzene rings is 1. The first-order chi connectivity index (χ1) is 8.70. The molecule has 0 bridgehead atoms. The summed E-state index contributed by atoms with van der Waals surface area (Å²) in [5, 5.41) is 2.75. The number of likely N-dealkylation sites (tertiary alicyclic amines) is 1. The van der Waals surface area contributed by atoms with E-state index in [1.807, 2.05) is 6.07 Å². The van der Waals surface area contributed by atoms with Crippen molar-refractivity contribution in [3.05, 3.63) is 48.3 Å². The minimum atomic E-state index is -0.220. The predicted octanol–water partition coefficient (Wildman–Crippen LogP) is 2.51. The predicted molar refractivity (Wildman–Crippen MR) is 68.9 cm³/mol. The van der Waals surface area contributed by atoms with E-state index in [-0.39, 0.29) is 17.8 Å². The number of halogens is 1. The van der Waals surface area contributed by atoms with Crippen molar-refractivity contribution >= 4 is 6.03 Å². The molecule has 1 aliphatic rings. The van der Waals surface area contributed by atoms with Gasteiger partial charge in [0.05, 0.1) is 0 Å². The maximum atomic E-state index is 13.1. The average Bonchev–Trinajstić information content (AvgIpc) is 2.85. The van der Waals surface area contributed by atoms with Gasteiger partial charge in [-0.05, 0) is 24.1 Å². The first-order valence-electron chi connectivity index (χ1n) is 6.10. The number of nitrogens with one attached hydrogen (secondary N) is 1. The van der Waals surface area contributed by atoms with Crippen molar-refractivity contribution in [3.8, 4) is 0 Å². The smallest absolute Gasteiger partial charge is 0.317 e. The first kappa shape index (κ1) is 12.6. The molecule has 1 aromatic rings. The van der Waals surface area contributed by atoms with E-state index in [9.17, 15) is 9.18 Å². The highest BCUT2D eigenvalue weighted by Gasteiger charge is 2.27. The van der Waals surface area contributed by atoms with Crippen LogP contribution in [0.15, 0.2) is 36.9 Å². The van der Waals surface area contributed by atoms with Crippen molar-refractivity contribution < 1.29 is 9.18 Å². The van der Waals surface area contributed by atoms with E-state index in [1.165, 1.54) is 6.07 Å². The maximum absolute atomic E-state index is 13.1. The lowest BCUT2D eigenvalue weighted by Crippen LogP contribution is -2.38. The van der Waals surface area contributed by atoms with Gasteiger partial charge in [0.15, 0.2) is 0 Å². The minimum Gasteiger partial charge on any atom is -0.335 e. The van der Waals surface area contributed by atoms with Crippen LogP contribution < -0.4 is 5.32 Å². The highest BCUT2D eigenvalue weighted by Crippen LogP contribution is 2.27. The summed E-state index contributed by atoms with van der Waals surface area (Å²) in [4.78, 5) is 13.5. The summed E-state index contributed by atoms with van der Waals surface area (Å²) in [6.45, 7) is 5.39. The number of carbonyl (C=O) groups excluding carboxylic acids is 1. The van der Waals surface area contributed by atoms with Crippen molar-refractivity contribution in [1.82, 2.24) is 10.2 Å². The molecule has 96 valence electrons. The van der Waals surface area contributed by atoms with E-state index >= 15 is 0 Å². The zero-order valence-electron chi connectivity index (χ0n) is 10.2. The molecule has 1 aliphatic heterocycles. The van der Waals surface area contributed by atoms with Crippen molar-refractivity contribution in [2.24, 2.45) is 0 Å². The third-order valence-electron chi connectivity index (χ3n) is 3.19. The fraction of sp³-hybridized carbons (Fsp3) is 0.357. The van der Waals surface area contributed by atoms with E-state index < -0.39 is 0 Å². The molecule has 2 rings (SSSR count). The fourth-order valence-electron chi connectivity index (χ4n) is 2.25. The molecule has 18 heavy (non-hydrogen) atoms. The normalized spacial score (nSPS) is 18.7. The van der Waals surface area contributed by atoms with Gasteiger partial charge in [0.2, 0.25) is 0 Å². The summed E-state index contributed by atoms with van der Waals surface area (Å²) in [5.74, 6) is 0.0113. The molecule has 1 N–H and O–H groups in total. The SMILES string of the molecule is C=CCNC(=O)N1CC[C@@H](c2cccc(F)c2)C1. The molecule has 2 amide bonds. The topological polar surface area (TPSA) is 32.3 Å². The zero-order chi connectivity index (χ0) is 13.0. The van der Waals surface area contributed by atoms with Crippen molar-refractivity contribution in [3.63, 3.8) is 0 Å². The molecule has 0 spiro atoms. The quantitative estimate of drug-likeness (QED) is 0.819. The van der Waals surface area contributed by atoms with Gasteiger partial charge in [-0.2, -0.15) is 0 Å². The Bertz CT molecular complexity index is 447. The van der Waals surface area contributed by atoms with Gasteiger partial charge in [0.1, 0.15) is 5.82 Å². The Labute approximate surface area is 106 Å². The second-order valence-corrected chi connectivity index (χ2v) is 4.46. The van der Waals surface area contributed by atoms with Crippen LogP contribution in [0.4, 0.5) is 9.18 Å². The third kappa shape index (κ3) is 2.88. The highest BCUT2D eigenvalue weighted by atomic mass is 19.1. The molecular weight excluding hydrogens is 231 g/mol. The standard InChI is InChI=1S/C14H17FN2O/c1-2-7-16-14(18)17-8-6-12(10-17)11-4-3-5-13(15)9-11/h2-5,9,12H,1,6-8,10H2,(H,16,18)/t12-/m1/s1. The van der Waals surface area contributed by atoms with Crippen LogP contribution in [0.3, 0.4) is 0 Å². The van der Waals surface area contributed by atoms with E-state index in [0.29, 0.717) is 19.6 Å². The van der Waals surface area contributed by atoms with Gasteiger partial charge in [0, 0.05) is 25.6 Å². The Morgan fingerprint density at radius 3 is 3.17 bits per heavy atom. The molecule has 1 saturated heterocycles. The number of amides is 2. The maximum Gasteiger partial charge on any atom is 0.317 e. The van der Waals surface area contributed by atoms with Gasteiger partial charge in [-0.1, -0.05) is 18.2 Å². The molecular formula is C14H17FN2O. The summed E-state index contributed by atoms with van der Waals surface area (Å²) in [7, 11) is 0. The molecule has 3 nitrogen and oxygen atoms in total. The van der Waals surface area contributed by atoms with E-state index in [4.69, 9.17) is 0 Å². The molecule has 1 heterocycles. The molecule has 0 saturated carbocycles. The van der Waals surface area contributed by atoms with E-state index in [0.717, 1.165) is 12.0 Å². The second kappa shape index (κ2) is 5.67. The van der Waals surface area contributed by atoms with Gasteiger partial charge < -0.3 is 10.2 Å². The molecule has 0 aliphatic carbocycles. The van der Waals surface area contributed by atoms with Gasteiger partial charge in [-0.25, -0.2) is 9.18 Å². The Kier molecular flexibility index (Phi) is 3.97. The number of nitrogens with zero attached hydrogens (tertiary/aromatic N) is 1. The Balaban J connectivity index is 1.96. The zero-order valence-corrected chi connectivity index (χ0v) is 10.2. The Morgan fingerprint density at radius 2 is 2.44 bits per heavy atom. The van der Waals surface area contributed by atoms with Crippen molar-refractivity contribution in [1.29, 1.82) is 0 Å². The summed E-state index contributed by atoms with van der Waals surface area (Å²) in [6.07, 6.45) is 2.53. The van der Waals surface area contributed by atoms with Crippen LogP contribution in [0, 0.1) is 5.82 Å². The van der Waals surface area contributed by atoms with Crippen LogP contribution in [-0.2, 0) is 0 Å². The van der Waals surface area contributed by atoms with Crippen LogP contribution in [0.2, 0.25) is 0 Å². The average molecular weight is 248 g/mol. The van der Waals surface area contributed by atoms with Gasteiger partial charge in [0.25, 0.3) is 0 Å². The number of carbonyl (C=O) groups is 1. The van der Waals surface area contributed by atoms with Crippen molar-refractivity contribution in [2.45, 2.75) is 12.3 Å². The third-order valence-corrected chi connectivity index (χ3v) is 3.19. The van der Waals surface area contributed by atoms with Crippen LogP contribution >= 0.6 is 0 Å². The van der Waals surface area contributed by atoms with Crippen molar-refractivity contribution in [2.75, 3.05) is 19.6 Å². The van der Waals surface area contributed by atoms with Gasteiger partial charge >= 0.3 is 6.03 Å². The molecule has 1 aromatic carbocycles. The summed E-state index contributed by atoms with van der Waals surface area (Å²) >= 11 is 0. The van der Waals surface area contributed by atoms with Crippen LogP contribution in [0.25, 0.3) is 0 Å². The number of hydrogen-bond donors (Lipinski definition) is 1. The molecule has 1 fully saturated rings. The van der Waals surface area contributed by atoms with E-state index in [2.05, 4.69) is 11.9 Å². The summed E-state index contributed by atoms with van der Waals surface area (Å²) in [6, 6.07) is 6.54. The largest absolute Gasteiger partial charge is 0.335 e. The lowest BCUT2D eigenvalue weighted by molar-refractivity contribution is 0.209. The van der Waals surface area contributed by atoms with E-state index in [1.54, 1.807) is 23.1 Å². The summed E-state index contributed by atoms with van der Waals surface area (Å²) in [5.41, 5.74) is 0.967. The first-order valence-corrected chi connectivity index (χ1v) is 6.10. The minimum absolute atomic E-state index is 0.0752. The lowest BCUT2D eigenvalue weighted by Gasteiger charge is -2.17. The molecule has 0 aromatic heterocycles. The molecule has 4 heteroatoms. The van der Waals surface area contributed by atoms with Gasteiger partial charge in [-0.15, -0.1) is 6.58 Å².